The maximum atomic E-state index is 13.6. The zero-order valence-electron chi connectivity index (χ0n) is 11.6. The first-order valence-corrected chi connectivity index (χ1v) is 7.40. The van der Waals surface area contributed by atoms with E-state index in [1.165, 1.54) is 11.6 Å². The Morgan fingerprint density at radius 2 is 2.10 bits per heavy atom. The van der Waals surface area contributed by atoms with Crippen molar-refractivity contribution in [1.82, 2.24) is 15.2 Å². The number of aromatic nitrogens is 1. The van der Waals surface area contributed by atoms with Crippen molar-refractivity contribution in [3.05, 3.63) is 64.7 Å². The lowest BCUT2D eigenvalue weighted by Gasteiger charge is -2.36. The quantitative estimate of drug-likeness (QED) is 0.945. The number of halogens is 2. The molecule has 0 bridgehead atoms. The fraction of sp³-hybridized carbons (Fsp3) is 0.312. The van der Waals surface area contributed by atoms with Gasteiger partial charge in [0.1, 0.15) is 5.82 Å². The van der Waals surface area contributed by atoms with Crippen LogP contribution < -0.4 is 5.32 Å². The molecule has 0 aliphatic carbocycles. The van der Waals surface area contributed by atoms with Crippen molar-refractivity contribution in [1.29, 1.82) is 0 Å². The van der Waals surface area contributed by atoms with Crippen LogP contribution in [0.3, 0.4) is 0 Å². The number of benzene rings is 1. The van der Waals surface area contributed by atoms with Gasteiger partial charge in [-0.2, -0.15) is 0 Å². The standard InChI is InChI=1S/C16H17ClFN3/c17-14-2-1-12(9-15(14)18)11-21-8-7-20-10-16(21)13-3-5-19-6-4-13/h1-6,9,16,20H,7-8,10-11H2. The molecule has 1 N–H and O–H groups in total. The van der Waals surface area contributed by atoms with Crippen molar-refractivity contribution in [2.75, 3.05) is 19.6 Å². The molecule has 5 heteroatoms. The summed E-state index contributed by atoms with van der Waals surface area (Å²) < 4.78 is 13.6. The van der Waals surface area contributed by atoms with Crippen molar-refractivity contribution in [2.24, 2.45) is 0 Å². The molecule has 0 saturated carbocycles. The van der Waals surface area contributed by atoms with Gasteiger partial charge < -0.3 is 5.32 Å². The van der Waals surface area contributed by atoms with Crippen LogP contribution in [0.25, 0.3) is 0 Å². The van der Waals surface area contributed by atoms with Gasteiger partial charge in [0.15, 0.2) is 0 Å². The second-order valence-electron chi connectivity index (χ2n) is 5.22. The van der Waals surface area contributed by atoms with Gasteiger partial charge in [-0.15, -0.1) is 0 Å². The zero-order valence-corrected chi connectivity index (χ0v) is 12.4. The van der Waals surface area contributed by atoms with E-state index in [0.717, 1.165) is 25.2 Å². The molecule has 0 amide bonds. The fourth-order valence-corrected chi connectivity index (χ4v) is 2.84. The highest BCUT2D eigenvalue weighted by Gasteiger charge is 2.23. The minimum atomic E-state index is -0.357. The van der Waals surface area contributed by atoms with Crippen LogP contribution in [0.5, 0.6) is 0 Å². The summed E-state index contributed by atoms with van der Waals surface area (Å²) in [6.45, 7) is 3.47. The van der Waals surface area contributed by atoms with E-state index < -0.39 is 0 Å². The lowest BCUT2D eigenvalue weighted by Crippen LogP contribution is -2.45. The normalized spacial score (nSPS) is 19.6. The first-order chi connectivity index (χ1) is 10.2. The highest BCUT2D eigenvalue weighted by molar-refractivity contribution is 6.30. The molecule has 2 heterocycles. The molecule has 1 fully saturated rings. The molecule has 1 atom stereocenters. The molecule has 0 radical (unpaired) electrons. The van der Waals surface area contributed by atoms with Gasteiger partial charge in [0.05, 0.1) is 5.02 Å². The molecule has 1 aromatic carbocycles. The Labute approximate surface area is 128 Å². The Hall–Kier alpha value is -1.49. The summed E-state index contributed by atoms with van der Waals surface area (Å²) >= 11 is 5.74. The highest BCUT2D eigenvalue weighted by Crippen LogP contribution is 2.24. The number of piperazine rings is 1. The molecule has 1 aliphatic rings. The molecular formula is C16H17ClFN3. The van der Waals surface area contributed by atoms with Crippen molar-refractivity contribution in [3.63, 3.8) is 0 Å². The summed E-state index contributed by atoms with van der Waals surface area (Å²) in [7, 11) is 0. The van der Waals surface area contributed by atoms with Crippen LogP contribution in [0, 0.1) is 5.82 Å². The Kier molecular flexibility index (Phi) is 4.48. The molecule has 0 spiro atoms. The van der Waals surface area contributed by atoms with Gasteiger partial charge in [0.25, 0.3) is 0 Å². The smallest absolute Gasteiger partial charge is 0.142 e. The third-order valence-corrected chi connectivity index (χ3v) is 4.12. The second kappa shape index (κ2) is 6.52. The van der Waals surface area contributed by atoms with Gasteiger partial charge in [-0.05, 0) is 35.4 Å². The summed E-state index contributed by atoms with van der Waals surface area (Å²) in [6, 6.07) is 9.38. The van der Waals surface area contributed by atoms with Crippen molar-refractivity contribution in [3.8, 4) is 0 Å². The summed E-state index contributed by atoms with van der Waals surface area (Å²) in [4.78, 5) is 6.42. The van der Waals surface area contributed by atoms with Crippen LogP contribution in [0.4, 0.5) is 4.39 Å². The van der Waals surface area contributed by atoms with Crippen molar-refractivity contribution < 1.29 is 4.39 Å². The van der Waals surface area contributed by atoms with E-state index in [0.29, 0.717) is 6.54 Å². The summed E-state index contributed by atoms with van der Waals surface area (Å²) in [5.41, 5.74) is 2.17. The molecule has 1 unspecified atom stereocenters. The molecule has 3 rings (SSSR count). The number of rotatable bonds is 3. The summed E-state index contributed by atoms with van der Waals surface area (Å²) in [5, 5.41) is 3.58. The topological polar surface area (TPSA) is 28.2 Å². The largest absolute Gasteiger partial charge is 0.314 e. The highest BCUT2D eigenvalue weighted by atomic mass is 35.5. The molecular weight excluding hydrogens is 289 g/mol. The predicted molar refractivity (Wildman–Crippen MR) is 81.7 cm³/mol. The minimum Gasteiger partial charge on any atom is -0.314 e. The average molecular weight is 306 g/mol. The van der Waals surface area contributed by atoms with E-state index in [2.05, 4.69) is 15.2 Å². The molecule has 3 nitrogen and oxygen atoms in total. The number of hydrogen-bond acceptors (Lipinski definition) is 3. The van der Waals surface area contributed by atoms with Gasteiger partial charge in [0, 0.05) is 44.6 Å². The lowest BCUT2D eigenvalue weighted by atomic mass is 10.0. The van der Waals surface area contributed by atoms with E-state index >= 15 is 0 Å². The predicted octanol–water partition coefficient (Wildman–Crippen LogP) is 3.02. The summed E-state index contributed by atoms with van der Waals surface area (Å²) in [5.74, 6) is -0.357. The van der Waals surface area contributed by atoms with Crippen LogP contribution in [0.1, 0.15) is 17.2 Å². The Morgan fingerprint density at radius 1 is 1.29 bits per heavy atom. The maximum absolute atomic E-state index is 13.6. The first kappa shape index (κ1) is 14.4. The number of hydrogen-bond donors (Lipinski definition) is 1. The fourth-order valence-electron chi connectivity index (χ4n) is 2.72. The number of nitrogens with zero attached hydrogens (tertiary/aromatic N) is 2. The van der Waals surface area contributed by atoms with Crippen molar-refractivity contribution >= 4 is 11.6 Å². The number of nitrogens with one attached hydrogen (secondary N) is 1. The molecule has 1 aliphatic heterocycles. The van der Waals surface area contributed by atoms with Crippen LogP contribution in [-0.2, 0) is 6.54 Å². The van der Waals surface area contributed by atoms with Crippen molar-refractivity contribution in [2.45, 2.75) is 12.6 Å². The number of pyridine rings is 1. The SMILES string of the molecule is Fc1cc(CN2CCNCC2c2ccncc2)ccc1Cl. The van der Waals surface area contributed by atoms with Gasteiger partial charge in [-0.1, -0.05) is 17.7 Å². The second-order valence-corrected chi connectivity index (χ2v) is 5.63. The Balaban J connectivity index is 1.79. The van der Waals surface area contributed by atoms with Gasteiger partial charge in [-0.3, -0.25) is 9.88 Å². The van der Waals surface area contributed by atoms with Crippen LogP contribution >= 0.6 is 11.6 Å². The monoisotopic (exact) mass is 305 g/mol. The Morgan fingerprint density at radius 3 is 2.86 bits per heavy atom. The van der Waals surface area contributed by atoms with Crippen LogP contribution in [0.2, 0.25) is 5.02 Å². The molecule has 110 valence electrons. The van der Waals surface area contributed by atoms with Crippen LogP contribution in [-0.4, -0.2) is 29.5 Å². The lowest BCUT2D eigenvalue weighted by molar-refractivity contribution is 0.153. The van der Waals surface area contributed by atoms with Gasteiger partial charge >= 0.3 is 0 Å². The Bertz CT molecular complexity index is 606. The average Bonchev–Trinajstić information content (AvgIpc) is 2.52. The summed E-state index contributed by atoms with van der Waals surface area (Å²) in [6.07, 6.45) is 3.62. The van der Waals surface area contributed by atoms with E-state index in [9.17, 15) is 4.39 Å². The van der Waals surface area contributed by atoms with E-state index in [1.807, 2.05) is 30.6 Å². The van der Waals surface area contributed by atoms with Gasteiger partial charge in [-0.25, -0.2) is 4.39 Å². The van der Waals surface area contributed by atoms with E-state index in [4.69, 9.17) is 11.6 Å². The molecule has 2 aromatic rings. The third kappa shape index (κ3) is 3.40. The van der Waals surface area contributed by atoms with E-state index in [1.54, 1.807) is 6.07 Å². The minimum absolute atomic E-state index is 0.171. The first-order valence-electron chi connectivity index (χ1n) is 7.02. The molecule has 1 saturated heterocycles. The zero-order chi connectivity index (χ0) is 14.7. The van der Waals surface area contributed by atoms with E-state index in [-0.39, 0.29) is 16.9 Å². The maximum Gasteiger partial charge on any atom is 0.142 e. The third-order valence-electron chi connectivity index (χ3n) is 3.81. The molecule has 1 aromatic heterocycles. The van der Waals surface area contributed by atoms with Crippen LogP contribution in [0.15, 0.2) is 42.7 Å². The van der Waals surface area contributed by atoms with Gasteiger partial charge in [0.2, 0.25) is 0 Å². The molecule has 21 heavy (non-hydrogen) atoms.